The monoisotopic (exact) mass is 206 g/mol. The third-order valence-corrected chi connectivity index (χ3v) is 3.88. The Bertz CT molecular complexity index is 382. The Labute approximate surface area is 90.9 Å². The van der Waals surface area contributed by atoms with E-state index in [4.69, 9.17) is 4.74 Å². The van der Waals surface area contributed by atoms with Crippen molar-refractivity contribution < 1.29 is 9.84 Å². The van der Waals surface area contributed by atoms with Crippen molar-refractivity contribution >= 4 is 0 Å². The molecular formula is C13H18O2. The number of methoxy groups -OCH3 is 1. The number of hydrogen-bond acceptors (Lipinski definition) is 2. The normalized spacial score (nSPS) is 27.5. The molecule has 0 amide bonds. The van der Waals surface area contributed by atoms with Crippen LogP contribution in [0.15, 0.2) is 18.2 Å². The first-order chi connectivity index (χ1) is 6.98. The van der Waals surface area contributed by atoms with Gasteiger partial charge in [0.25, 0.3) is 0 Å². The minimum atomic E-state index is -0.370. The Kier molecular flexibility index (Phi) is 2.27. The predicted molar refractivity (Wildman–Crippen MR) is 60.1 cm³/mol. The highest BCUT2D eigenvalue weighted by molar-refractivity contribution is 5.45. The second kappa shape index (κ2) is 3.24. The van der Waals surface area contributed by atoms with E-state index in [9.17, 15) is 5.11 Å². The Morgan fingerprint density at radius 1 is 1.33 bits per heavy atom. The van der Waals surface area contributed by atoms with Crippen LogP contribution in [0.4, 0.5) is 0 Å². The molecule has 1 aromatic carbocycles. The summed E-state index contributed by atoms with van der Waals surface area (Å²) in [6, 6.07) is 5.98. The molecule has 2 nitrogen and oxygen atoms in total. The van der Waals surface area contributed by atoms with Crippen LogP contribution in [0.25, 0.3) is 0 Å². The van der Waals surface area contributed by atoms with Gasteiger partial charge in [-0.15, -0.1) is 0 Å². The standard InChI is InChI=1S/C13H18O2/c1-8-12(14)10-7-9(15-4)5-6-11(10)13(8,2)3/h5-8,12,14H,1-4H3. The summed E-state index contributed by atoms with van der Waals surface area (Å²) in [6.45, 7) is 6.45. The summed E-state index contributed by atoms with van der Waals surface area (Å²) in [6.07, 6.45) is -0.370. The average Bonchev–Trinajstić information content (AvgIpc) is 2.40. The third kappa shape index (κ3) is 1.36. The van der Waals surface area contributed by atoms with Gasteiger partial charge in [-0.25, -0.2) is 0 Å². The lowest BCUT2D eigenvalue weighted by atomic mass is 9.79. The van der Waals surface area contributed by atoms with Gasteiger partial charge in [-0.05, 0) is 34.6 Å². The Morgan fingerprint density at radius 3 is 2.60 bits per heavy atom. The zero-order valence-electron chi connectivity index (χ0n) is 9.74. The van der Waals surface area contributed by atoms with Gasteiger partial charge in [0.2, 0.25) is 0 Å². The molecule has 2 atom stereocenters. The molecule has 0 bridgehead atoms. The van der Waals surface area contributed by atoms with E-state index in [1.807, 2.05) is 12.1 Å². The van der Waals surface area contributed by atoms with Crippen LogP contribution in [0, 0.1) is 5.92 Å². The van der Waals surface area contributed by atoms with Crippen molar-refractivity contribution in [3.63, 3.8) is 0 Å². The first-order valence-corrected chi connectivity index (χ1v) is 5.35. The number of aliphatic hydroxyl groups is 1. The van der Waals surface area contributed by atoms with Crippen LogP contribution in [0.2, 0.25) is 0 Å². The van der Waals surface area contributed by atoms with Gasteiger partial charge >= 0.3 is 0 Å². The van der Waals surface area contributed by atoms with E-state index in [1.54, 1.807) is 7.11 Å². The van der Waals surface area contributed by atoms with Gasteiger partial charge in [0.15, 0.2) is 0 Å². The lowest BCUT2D eigenvalue weighted by Crippen LogP contribution is -2.23. The topological polar surface area (TPSA) is 29.5 Å². The summed E-state index contributed by atoms with van der Waals surface area (Å²) in [7, 11) is 1.65. The quantitative estimate of drug-likeness (QED) is 0.765. The first-order valence-electron chi connectivity index (χ1n) is 5.35. The van der Waals surface area contributed by atoms with Gasteiger partial charge < -0.3 is 9.84 Å². The van der Waals surface area contributed by atoms with Crippen molar-refractivity contribution in [2.24, 2.45) is 5.92 Å². The van der Waals surface area contributed by atoms with Crippen LogP contribution < -0.4 is 4.74 Å². The zero-order chi connectivity index (χ0) is 11.2. The van der Waals surface area contributed by atoms with Crippen molar-refractivity contribution in [1.29, 1.82) is 0 Å². The van der Waals surface area contributed by atoms with Gasteiger partial charge in [-0.1, -0.05) is 26.8 Å². The number of ether oxygens (including phenoxy) is 1. The molecular weight excluding hydrogens is 188 g/mol. The Balaban J connectivity index is 2.56. The fourth-order valence-electron chi connectivity index (χ4n) is 2.41. The van der Waals surface area contributed by atoms with Crippen molar-refractivity contribution in [1.82, 2.24) is 0 Å². The zero-order valence-corrected chi connectivity index (χ0v) is 9.74. The van der Waals surface area contributed by atoms with Crippen LogP contribution in [-0.4, -0.2) is 12.2 Å². The van der Waals surface area contributed by atoms with Gasteiger partial charge in [0.05, 0.1) is 13.2 Å². The molecule has 1 N–H and O–H groups in total. The highest BCUT2D eigenvalue weighted by Crippen LogP contribution is 2.49. The highest BCUT2D eigenvalue weighted by atomic mass is 16.5. The molecule has 1 aromatic rings. The molecule has 2 unspecified atom stereocenters. The van der Waals surface area contributed by atoms with Crippen LogP contribution in [-0.2, 0) is 5.41 Å². The summed E-state index contributed by atoms with van der Waals surface area (Å²) < 4.78 is 5.18. The van der Waals surface area contributed by atoms with E-state index in [1.165, 1.54) is 5.56 Å². The van der Waals surface area contributed by atoms with Crippen LogP contribution in [0.3, 0.4) is 0 Å². The van der Waals surface area contributed by atoms with Gasteiger partial charge in [0, 0.05) is 0 Å². The van der Waals surface area contributed by atoms with Crippen LogP contribution in [0.5, 0.6) is 5.75 Å². The van der Waals surface area contributed by atoms with Crippen LogP contribution >= 0.6 is 0 Å². The number of rotatable bonds is 1. The number of hydrogen-bond donors (Lipinski definition) is 1. The highest BCUT2D eigenvalue weighted by Gasteiger charge is 2.42. The van der Waals surface area contributed by atoms with Gasteiger partial charge in [-0.2, -0.15) is 0 Å². The smallest absolute Gasteiger partial charge is 0.119 e. The Hall–Kier alpha value is -1.02. The van der Waals surface area contributed by atoms with E-state index < -0.39 is 0 Å². The third-order valence-electron chi connectivity index (χ3n) is 3.88. The summed E-state index contributed by atoms with van der Waals surface area (Å²) in [5, 5.41) is 10.1. The molecule has 1 aliphatic rings. The van der Waals surface area contributed by atoms with Crippen molar-refractivity contribution in [3.05, 3.63) is 29.3 Å². The molecule has 0 saturated heterocycles. The molecule has 0 radical (unpaired) electrons. The number of aliphatic hydroxyl groups excluding tert-OH is 1. The predicted octanol–water partition coefficient (Wildman–Crippen LogP) is 2.66. The second-order valence-corrected chi connectivity index (χ2v) is 4.91. The van der Waals surface area contributed by atoms with E-state index in [0.29, 0.717) is 0 Å². The number of fused-ring (bicyclic) bond motifs is 1. The van der Waals surface area contributed by atoms with E-state index in [2.05, 4.69) is 26.8 Å². The minimum Gasteiger partial charge on any atom is -0.497 e. The van der Waals surface area contributed by atoms with Crippen molar-refractivity contribution in [2.75, 3.05) is 7.11 Å². The lowest BCUT2D eigenvalue weighted by Gasteiger charge is -2.26. The average molecular weight is 206 g/mol. The molecule has 2 heteroatoms. The van der Waals surface area contributed by atoms with Crippen LogP contribution in [0.1, 0.15) is 38.0 Å². The molecule has 0 saturated carbocycles. The van der Waals surface area contributed by atoms with Gasteiger partial charge in [0.1, 0.15) is 5.75 Å². The summed E-state index contributed by atoms with van der Waals surface area (Å²) >= 11 is 0. The molecule has 0 aliphatic heterocycles. The first kappa shape index (κ1) is 10.5. The maximum absolute atomic E-state index is 10.1. The van der Waals surface area contributed by atoms with Crippen molar-refractivity contribution in [3.8, 4) is 5.75 Å². The molecule has 0 heterocycles. The maximum Gasteiger partial charge on any atom is 0.119 e. The summed E-state index contributed by atoms with van der Waals surface area (Å²) in [4.78, 5) is 0. The second-order valence-electron chi connectivity index (χ2n) is 4.91. The molecule has 0 fully saturated rings. The summed E-state index contributed by atoms with van der Waals surface area (Å²) in [5.74, 6) is 1.07. The molecule has 0 aromatic heterocycles. The Morgan fingerprint density at radius 2 is 2.00 bits per heavy atom. The lowest BCUT2D eigenvalue weighted by molar-refractivity contribution is 0.101. The van der Waals surface area contributed by atoms with E-state index in [0.717, 1.165) is 11.3 Å². The molecule has 0 spiro atoms. The van der Waals surface area contributed by atoms with E-state index >= 15 is 0 Å². The maximum atomic E-state index is 10.1. The fraction of sp³-hybridized carbons (Fsp3) is 0.538. The molecule has 2 rings (SSSR count). The number of benzene rings is 1. The van der Waals surface area contributed by atoms with Crippen molar-refractivity contribution in [2.45, 2.75) is 32.3 Å². The fourth-order valence-corrected chi connectivity index (χ4v) is 2.41. The molecule has 82 valence electrons. The SMILES string of the molecule is COc1ccc2c(c1)C(O)C(C)C2(C)C. The molecule has 15 heavy (non-hydrogen) atoms. The molecule has 1 aliphatic carbocycles. The minimum absolute atomic E-state index is 0.0427. The largest absolute Gasteiger partial charge is 0.497 e. The summed E-state index contributed by atoms with van der Waals surface area (Å²) in [5.41, 5.74) is 2.30. The van der Waals surface area contributed by atoms with E-state index in [-0.39, 0.29) is 17.4 Å². The van der Waals surface area contributed by atoms with Gasteiger partial charge in [-0.3, -0.25) is 0 Å².